The summed E-state index contributed by atoms with van der Waals surface area (Å²) in [5, 5.41) is 3.30. The number of imidazole rings is 1. The fraction of sp³-hybridized carbons (Fsp3) is 0.591. The van der Waals surface area contributed by atoms with Crippen molar-refractivity contribution in [1.82, 2.24) is 25.1 Å². The van der Waals surface area contributed by atoms with Gasteiger partial charge in [-0.15, -0.1) is 0 Å². The Labute approximate surface area is 176 Å². The summed E-state index contributed by atoms with van der Waals surface area (Å²) in [5.74, 6) is 1.34. The molecule has 8 nitrogen and oxygen atoms in total. The van der Waals surface area contributed by atoms with Crippen molar-refractivity contribution in [3.63, 3.8) is 0 Å². The van der Waals surface area contributed by atoms with Gasteiger partial charge in [-0.3, -0.25) is 14.5 Å². The summed E-state index contributed by atoms with van der Waals surface area (Å²) in [7, 11) is 0. The van der Waals surface area contributed by atoms with Gasteiger partial charge in [-0.2, -0.15) is 0 Å². The number of rotatable bonds is 5. The SMILES string of the molecule is NC(=O)c1cccc2[nH]c([C@]34CCC[C@@H](CN3CCC(=O)N3CCNCC3)C4)nc12. The largest absolute Gasteiger partial charge is 0.366 e. The number of benzene rings is 1. The molecule has 2 aliphatic heterocycles. The number of carbonyl (C=O) groups excluding carboxylic acids is 2. The zero-order chi connectivity index (χ0) is 20.7. The number of carbonyl (C=O) groups is 2. The summed E-state index contributed by atoms with van der Waals surface area (Å²) in [6, 6.07) is 5.52. The van der Waals surface area contributed by atoms with Crippen molar-refractivity contribution in [1.29, 1.82) is 0 Å². The number of piperazine rings is 1. The molecule has 2 atom stereocenters. The molecule has 0 radical (unpaired) electrons. The number of aromatic nitrogens is 2. The molecule has 2 saturated heterocycles. The van der Waals surface area contributed by atoms with Gasteiger partial charge >= 0.3 is 0 Å². The Morgan fingerprint density at radius 2 is 2.10 bits per heavy atom. The Morgan fingerprint density at radius 3 is 2.90 bits per heavy atom. The molecule has 3 heterocycles. The number of primary amides is 1. The first kappa shape index (κ1) is 19.5. The minimum absolute atomic E-state index is 0.180. The predicted molar refractivity (Wildman–Crippen MR) is 114 cm³/mol. The number of nitrogens with one attached hydrogen (secondary N) is 2. The molecule has 1 aromatic heterocycles. The molecule has 0 spiro atoms. The fourth-order valence-electron chi connectivity index (χ4n) is 5.72. The molecule has 30 heavy (non-hydrogen) atoms. The summed E-state index contributed by atoms with van der Waals surface area (Å²) >= 11 is 0. The molecule has 2 aromatic rings. The van der Waals surface area contributed by atoms with Crippen LogP contribution < -0.4 is 11.1 Å². The quantitative estimate of drug-likeness (QED) is 0.686. The highest BCUT2D eigenvalue weighted by molar-refractivity contribution is 6.04. The van der Waals surface area contributed by atoms with Crippen LogP contribution in [0.3, 0.4) is 0 Å². The number of fused-ring (bicyclic) bond motifs is 3. The third-order valence-electron chi connectivity index (χ3n) is 7.20. The lowest BCUT2D eigenvalue weighted by atomic mass is 9.79. The lowest BCUT2D eigenvalue weighted by Crippen LogP contribution is -2.48. The molecule has 160 valence electrons. The summed E-state index contributed by atoms with van der Waals surface area (Å²) < 4.78 is 0. The second kappa shape index (κ2) is 7.67. The maximum Gasteiger partial charge on any atom is 0.250 e. The minimum Gasteiger partial charge on any atom is -0.366 e. The van der Waals surface area contributed by atoms with E-state index in [1.807, 2.05) is 17.0 Å². The number of aromatic amines is 1. The van der Waals surface area contributed by atoms with Crippen LogP contribution in [0.2, 0.25) is 0 Å². The molecule has 1 aromatic carbocycles. The molecule has 4 N–H and O–H groups in total. The van der Waals surface area contributed by atoms with Crippen molar-refractivity contribution in [2.45, 2.75) is 37.6 Å². The summed E-state index contributed by atoms with van der Waals surface area (Å²) in [6.45, 7) is 5.11. The van der Waals surface area contributed by atoms with Crippen LogP contribution in [0.4, 0.5) is 0 Å². The molecular formula is C22H30N6O2. The molecule has 3 aliphatic rings. The van der Waals surface area contributed by atoms with E-state index >= 15 is 0 Å². The number of hydrogen-bond donors (Lipinski definition) is 3. The number of likely N-dealkylation sites (tertiary alicyclic amines) is 1. The average Bonchev–Trinajstić information content (AvgIpc) is 3.31. The maximum absolute atomic E-state index is 12.7. The summed E-state index contributed by atoms with van der Waals surface area (Å²) in [5.41, 5.74) is 7.35. The van der Waals surface area contributed by atoms with Crippen molar-refractivity contribution in [3.8, 4) is 0 Å². The topological polar surface area (TPSA) is 107 Å². The Hall–Kier alpha value is -2.45. The Balaban J connectivity index is 1.41. The number of nitrogens with zero attached hydrogens (tertiary/aromatic N) is 3. The van der Waals surface area contributed by atoms with E-state index in [0.717, 1.165) is 69.9 Å². The Morgan fingerprint density at radius 1 is 1.27 bits per heavy atom. The van der Waals surface area contributed by atoms with Crippen LogP contribution in [0.15, 0.2) is 18.2 Å². The number of hydrogen-bond acceptors (Lipinski definition) is 5. The van der Waals surface area contributed by atoms with Crippen molar-refractivity contribution in [2.24, 2.45) is 11.7 Å². The van der Waals surface area contributed by atoms with E-state index in [0.29, 0.717) is 23.4 Å². The Kier molecular flexibility index (Phi) is 4.99. The van der Waals surface area contributed by atoms with Crippen molar-refractivity contribution < 1.29 is 9.59 Å². The highest BCUT2D eigenvalue weighted by Crippen LogP contribution is 2.50. The summed E-state index contributed by atoms with van der Waals surface area (Å²) in [4.78, 5) is 37.5. The third-order valence-corrected chi connectivity index (χ3v) is 7.20. The van der Waals surface area contributed by atoms with Gasteiger partial charge in [0.25, 0.3) is 5.91 Å². The van der Waals surface area contributed by atoms with Crippen molar-refractivity contribution in [3.05, 3.63) is 29.6 Å². The van der Waals surface area contributed by atoms with Crippen molar-refractivity contribution in [2.75, 3.05) is 39.3 Å². The summed E-state index contributed by atoms with van der Waals surface area (Å²) in [6.07, 6.45) is 5.02. The van der Waals surface area contributed by atoms with E-state index in [1.54, 1.807) is 6.07 Å². The van der Waals surface area contributed by atoms with Crippen LogP contribution in [0.25, 0.3) is 11.0 Å². The molecule has 8 heteroatoms. The van der Waals surface area contributed by atoms with E-state index < -0.39 is 5.91 Å². The van der Waals surface area contributed by atoms with Gasteiger partial charge in [0.1, 0.15) is 11.3 Å². The molecule has 2 bridgehead atoms. The first-order valence-corrected chi connectivity index (χ1v) is 11.1. The minimum atomic E-state index is -0.456. The van der Waals surface area contributed by atoms with Crippen LogP contribution >= 0.6 is 0 Å². The molecule has 1 aliphatic carbocycles. The Bertz CT molecular complexity index is 966. The number of para-hydroxylation sites is 1. The average molecular weight is 411 g/mol. The molecule has 2 amide bonds. The monoisotopic (exact) mass is 410 g/mol. The number of H-pyrrole nitrogens is 1. The van der Waals surface area contributed by atoms with Crippen LogP contribution in [0.5, 0.6) is 0 Å². The third kappa shape index (κ3) is 3.28. The molecular weight excluding hydrogens is 380 g/mol. The van der Waals surface area contributed by atoms with Gasteiger partial charge in [-0.05, 0) is 37.3 Å². The second-order valence-electron chi connectivity index (χ2n) is 8.97. The first-order valence-electron chi connectivity index (χ1n) is 11.1. The maximum atomic E-state index is 12.7. The van der Waals surface area contributed by atoms with E-state index in [2.05, 4.69) is 15.2 Å². The zero-order valence-corrected chi connectivity index (χ0v) is 17.3. The van der Waals surface area contributed by atoms with E-state index in [9.17, 15) is 9.59 Å². The molecule has 5 rings (SSSR count). The smallest absolute Gasteiger partial charge is 0.250 e. The zero-order valence-electron chi connectivity index (χ0n) is 17.3. The van der Waals surface area contributed by atoms with E-state index in [1.165, 1.54) is 6.42 Å². The van der Waals surface area contributed by atoms with Gasteiger partial charge in [-0.1, -0.05) is 12.5 Å². The molecule has 3 fully saturated rings. The van der Waals surface area contributed by atoms with Crippen LogP contribution in [0, 0.1) is 5.92 Å². The number of nitrogens with two attached hydrogens (primary N) is 1. The van der Waals surface area contributed by atoms with Gasteiger partial charge in [0.05, 0.1) is 16.6 Å². The van der Waals surface area contributed by atoms with Crippen molar-refractivity contribution >= 4 is 22.8 Å². The van der Waals surface area contributed by atoms with E-state index in [-0.39, 0.29) is 11.4 Å². The van der Waals surface area contributed by atoms with Gasteiger partial charge in [0.15, 0.2) is 0 Å². The standard InChI is InChI=1S/C22H30N6O2/c23-20(30)16-4-1-5-17-19(16)26-21(25-17)22-7-2-3-15(13-22)14-28(22)10-6-18(29)27-11-8-24-9-12-27/h1,4-5,15,24H,2-3,6-14H2,(H2,23,30)(H,25,26)/t15-,22-/m1/s1. The van der Waals surface area contributed by atoms with Crippen LogP contribution in [0.1, 0.15) is 48.3 Å². The highest BCUT2D eigenvalue weighted by atomic mass is 16.2. The molecule has 0 unspecified atom stereocenters. The van der Waals surface area contributed by atoms with Gasteiger partial charge < -0.3 is 20.9 Å². The molecule has 1 saturated carbocycles. The van der Waals surface area contributed by atoms with Gasteiger partial charge in [0, 0.05) is 45.7 Å². The first-order chi connectivity index (χ1) is 14.6. The predicted octanol–water partition coefficient (Wildman–Crippen LogP) is 1.18. The van der Waals surface area contributed by atoms with Crippen LogP contribution in [-0.2, 0) is 10.3 Å². The van der Waals surface area contributed by atoms with Gasteiger partial charge in [0.2, 0.25) is 5.91 Å². The van der Waals surface area contributed by atoms with E-state index in [4.69, 9.17) is 10.7 Å². The van der Waals surface area contributed by atoms with Gasteiger partial charge in [-0.25, -0.2) is 4.98 Å². The van der Waals surface area contributed by atoms with Crippen LogP contribution in [-0.4, -0.2) is 70.9 Å². The lowest BCUT2D eigenvalue weighted by Gasteiger charge is -2.38. The number of amides is 2. The normalized spacial score (nSPS) is 26.9. The fourth-order valence-corrected chi connectivity index (χ4v) is 5.72. The highest BCUT2D eigenvalue weighted by Gasteiger charge is 2.50. The second-order valence-corrected chi connectivity index (χ2v) is 8.97. The lowest BCUT2D eigenvalue weighted by molar-refractivity contribution is -0.132.